The lowest BCUT2D eigenvalue weighted by molar-refractivity contribution is 0.204. The van der Waals surface area contributed by atoms with Crippen LogP contribution >= 0.6 is 0 Å². The fraction of sp³-hybridized carbons (Fsp3) is 0.533. The van der Waals surface area contributed by atoms with Gasteiger partial charge in [0.1, 0.15) is 17.4 Å². The Bertz CT molecular complexity index is 664. The summed E-state index contributed by atoms with van der Waals surface area (Å²) in [4.78, 5) is 6.93. The van der Waals surface area contributed by atoms with Gasteiger partial charge in [-0.1, -0.05) is 0 Å². The molecule has 6 nitrogen and oxygen atoms in total. The van der Waals surface area contributed by atoms with Crippen molar-refractivity contribution in [3.63, 3.8) is 0 Å². The summed E-state index contributed by atoms with van der Waals surface area (Å²) in [5.41, 5.74) is 3.27. The molecule has 6 heteroatoms. The Kier molecular flexibility index (Phi) is 3.63. The molecule has 2 aromatic heterocycles. The molecule has 3 heterocycles. The number of ether oxygens (including phenoxy) is 1. The van der Waals surface area contributed by atoms with Crippen LogP contribution < -0.4 is 4.74 Å². The fourth-order valence-corrected chi connectivity index (χ4v) is 2.93. The normalized spacial score (nSPS) is 15.0. The van der Waals surface area contributed by atoms with Gasteiger partial charge in [-0.3, -0.25) is 9.88 Å². The second-order valence-electron chi connectivity index (χ2n) is 5.57. The zero-order valence-corrected chi connectivity index (χ0v) is 13.1. The smallest absolute Gasteiger partial charge is 0.147 e. The molecule has 21 heavy (non-hydrogen) atoms. The van der Waals surface area contributed by atoms with E-state index < -0.39 is 0 Å². The van der Waals surface area contributed by atoms with Crippen LogP contribution in [0.15, 0.2) is 6.20 Å². The monoisotopic (exact) mass is 287 g/mol. The molecule has 1 aliphatic heterocycles. The third-order valence-corrected chi connectivity index (χ3v) is 4.14. The third kappa shape index (κ3) is 2.51. The third-order valence-electron chi connectivity index (χ3n) is 4.14. The Hall–Kier alpha value is -1.95. The van der Waals surface area contributed by atoms with Crippen LogP contribution in [-0.4, -0.2) is 38.3 Å². The molecule has 3 rings (SSSR count). The lowest BCUT2D eigenvalue weighted by atomic mass is 10.1. The van der Waals surface area contributed by atoms with E-state index in [9.17, 15) is 0 Å². The minimum Gasteiger partial charge on any atom is -0.496 e. The van der Waals surface area contributed by atoms with Crippen LogP contribution in [0.2, 0.25) is 0 Å². The molecule has 0 saturated carbocycles. The fourth-order valence-electron chi connectivity index (χ4n) is 2.93. The minimum absolute atomic E-state index is 0.814. The Balaban J connectivity index is 1.79. The zero-order valence-electron chi connectivity index (χ0n) is 13.1. The predicted molar refractivity (Wildman–Crippen MR) is 79.1 cm³/mol. The summed E-state index contributed by atoms with van der Waals surface area (Å²) in [5, 5.41) is 8.39. The molecule has 0 radical (unpaired) electrons. The quantitative estimate of drug-likeness (QED) is 0.858. The number of pyridine rings is 1. The maximum Gasteiger partial charge on any atom is 0.147 e. The van der Waals surface area contributed by atoms with Crippen molar-refractivity contribution in [2.75, 3.05) is 13.7 Å². The summed E-state index contributed by atoms with van der Waals surface area (Å²) >= 11 is 0. The minimum atomic E-state index is 0.814. The summed E-state index contributed by atoms with van der Waals surface area (Å²) in [5.74, 6) is 2.97. The largest absolute Gasteiger partial charge is 0.496 e. The van der Waals surface area contributed by atoms with E-state index in [2.05, 4.69) is 31.6 Å². The van der Waals surface area contributed by atoms with Crippen molar-refractivity contribution in [1.82, 2.24) is 24.6 Å². The van der Waals surface area contributed by atoms with E-state index in [4.69, 9.17) is 4.74 Å². The molecule has 0 fully saturated rings. The van der Waals surface area contributed by atoms with Crippen LogP contribution in [0.25, 0.3) is 0 Å². The number of rotatable bonds is 3. The van der Waals surface area contributed by atoms with E-state index in [-0.39, 0.29) is 0 Å². The van der Waals surface area contributed by atoms with E-state index in [0.29, 0.717) is 0 Å². The highest BCUT2D eigenvalue weighted by atomic mass is 16.5. The van der Waals surface area contributed by atoms with Crippen molar-refractivity contribution in [3.05, 3.63) is 34.7 Å². The molecule has 0 saturated heterocycles. The van der Waals surface area contributed by atoms with Gasteiger partial charge in [0.05, 0.1) is 19.3 Å². The first kappa shape index (κ1) is 14.0. The molecule has 0 aromatic carbocycles. The van der Waals surface area contributed by atoms with Crippen LogP contribution in [0.4, 0.5) is 0 Å². The number of nitrogens with zero attached hydrogens (tertiary/aromatic N) is 5. The highest BCUT2D eigenvalue weighted by Gasteiger charge is 2.21. The van der Waals surface area contributed by atoms with Crippen molar-refractivity contribution < 1.29 is 4.74 Å². The van der Waals surface area contributed by atoms with Crippen molar-refractivity contribution in [3.8, 4) is 5.75 Å². The standard InChI is InChI=1S/C15H21N5O/c1-10-7-16-13(11(2)15(10)21-4)8-19-5-6-20-12(3)17-18-14(20)9-19/h7H,5-6,8-9H2,1-4H3. The summed E-state index contributed by atoms with van der Waals surface area (Å²) in [7, 11) is 1.71. The average molecular weight is 287 g/mol. The van der Waals surface area contributed by atoms with Gasteiger partial charge in [-0.05, 0) is 20.8 Å². The molecule has 0 amide bonds. The maximum atomic E-state index is 5.48. The van der Waals surface area contributed by atoms with E-state index in [1.165, 1.54) is 0 Å². The summed E-state index contributed by atoms with van der Waals surface area (Å²) in [6.07, 6.45) is 1.89. The number of aryl methyl sites for hydroxylation is 2. The zero-order chi connectivity index (χ0) is 15.0. The van der Waals surface area contributed by atoms with Crippen LogP contribution in [0, 0.1) is 20.8 Å². The Labute approximate surface area is 124 Å². The molecule has 1 aliphatic rings. The Morgan fingerprint density at radius 3 is 2.76 bits per heavy atom. The van der Waals surface area contributed by atoms with Crippen molar-refractivity contribution in [2.45, 2.75) is 40.4 Å². The molecule has 0 spiro atoms. The highest BCUT2D eigenvalue weighted by molar-refractivity contribution is 5.41. The predicted octanol–water partition coefficient (Wildman–Crippen LogP) is 1.62. The molecule has 0 bridgehead atoms. The van der Waals surface area contributed by atoms with Crippen molar-refractivity contribution >= 4 is 0 Å². The molecular formula is C15H21N5O. The molecule has 0 N–H and O–H groups in total. The van der Waals surface area contributed by atoms with Gasteiger partial charge < -0.3 is 9.30 Å². The van der Waals surface area contributed by atoms with Crippen LogP contribution in [0.3, 0.4) is 0 Å². The summed E-state index contributed by atoms with van der Waals surface area (Å²) in [6, 6.07) is 0. The highest BCUT2D eigenvalue weighted by Crippen LogP contribution is 2.25. The average Bonchev–Trinajstić information content (AvgIpc) is 2.84. The van der Waals surface area contributed by atoms with E-state index in [0.717, 1.165) is 60.4 Å². The van der Waals surface area contributed by atoms with Crippen LogP contribution in [0.1, 0.15) is 28.5 Å². The van der Waals surface area contributed by atoms with Gasteiger partial charge in [-0.2, -0.15) is 0 Å². The maximum absolute atomic E-state index is 5.48. The van der Waals surface area contributed by atoms with E-state index in [1.54, 1.807) is 7.11 Å². The first-order valence-electron chi connectivity index (χ1n) is 7.20. The van der Waals surface area contributed by atoms with Crippen LogP contribution in [-0.2, 0) is 19.6 Å². The van der Waals surface area contributed by atoms with Gasteiger partial charge in [0.15, 0.2) is 0 Å². The van der Waals surface area contributed by atoms with Crippen LogP contribution in [0.5, 0.6) is 5.75 Å². The first-order valence-corrected chi connectivity index (χ1v) is 7.20. The molecule has 0 aliphatic carbocycles. The van der Waals surface area contributed by atoms with Gasteiger partial charge in [0.25, 0.3) is 0 Å². The van der Waals surface area contributed by atoms with Gasteiger partial charge >= 0.3 is 0 Å². The Morgan fingerprint density at radius 1 is 1.19 bits per heavy atom. The molecule has 0 atom stereocenters. The van der Waals surface area contributed by atoms with Gasteiger partial charge in [0, 0.05) is 37.0 Å². The second-order valence-corrected chi connectivity index (χ2v) is 5.57. The number of hydrogen-bond acceptors (Lipinski definition) is 5. The SMILES string of the molecule is COc1c(C)cnc(CN2CCn3c(C)nnc3C2)c1C. The van der Waals surface area contributed by atoms with Gasteiger partial charge in [-0.25, -0.2) is 0 Å². The lowest BCUT2D eigenvalue weighted by Crippen LogP contribution is -2.34. The molecule has 112 valence electrons. The van der Waals surface area contributed by atoms with E-state index in [1.807, 2.05) is 20.0 Å². The number of hydrogen-bond donors (Lipinski definition) is 0. The van der Waals surface area contributed by atoms with Gasteiger partial charge in [0.2, 0.25) is 0 Å². The summed E-state index contributed by atoms with van der Waals surface area (Å²) < 4.78 is 7.67. The molecule has 0 unspecified atom stereocenters. The van der Waals surface area contributed by atoms with Gasteiger partial charge in [-0.15, -0.1) is 10.2 Å². The molecular weight excluding hydrogens is 266 g/mol. The number of methoxy groups -OCH3 is 1. The Morgan fingerprint density at radius 2 is 2.00 bits per heavy atom. The second kappa shape index (κ2) is 5.44. The number of fused-ring (bicyclic) bond motifs is 1. The van der Waals surface area contributed by atoms with E-state index >= 15 is 0 Å². The topological polar surface area (TPSA) is 56.1 Å². The summed E-state index contributed by atoms with van der Waals surface area (Å²) in [6.45, 7) is 9.66. The van der Waals surface area contributed by atoms with Crippen molar-refractivity contribution in [2.24, 2.45) is 0 Å². The lowest BCUT2D eigenvalue weighted by Gasteiger charge is -2.27. The first-order chi connectivity index (χ1) is 10.1. The number of aromatic nitrogens is 4. The molecule has 2 aromatic rings. The van der Waals surface area contributed by atoms with Crippen molar-refractivity contribution in [1.29, 1.82) is 0 Å².